The lowest BCUT2D eigenvalue weighted by molar-refractivity contribution is 0.332. The maximum Gasteiger partial charge on any atom is 0.331 e. The molecule has 0 aliphatic heterocycles. The lowest BCUT2D eigenvalue weighted by Gasteiger charge is -2.14. The average Bonchev–Trinajstić information content (AvgIpc) is 2.68. The second kappa shape index (κ2) is 3.52. The molecule has 1 saturated carbocycles. The van der Waals surface area contributed by atoms with Gasteiger partial charge in [0.05, 0.1) is 0 Å². The first-order valence-corrected chi connectivity index (χ1v) is 4.84. The van der Waals surface area contributed by atoms with Gasteiger partial charge < -0.3 is 5.11 Å². The molecule has 0 saturated heterocycles. The van der Waals surface area contributed by atoms with Gasteiger partial charge in [-0.2, -0.15) is 4.39 Å². The van der Waals surface area contributed by atoms with Crippen LogP contribution in [-0.4, -0.2) is 14.7 Å². The van der Waals surface area contributed by atoms with Crippen LogP contribution >= 0.6 is 0 Å². The van der Waals surface area contributed by atoms with Crippen molar-refractivity contribution >= 4 is 0 Å². The summed E-state index contributed by atoms with van der Waals surface area (Å²) in [5.74, 6) is -2.14. The molecule has 1 aliphatic carbocycles. The molecule has 0 aromatic carbocycles. The summed E-state index contributed by atoms with van der Waals surface area (Å²) in [5.41, 5.74) is -1.92. The standard InChI is InChI=1S/C9H11FN2O3/c10-6-7(13)11-9(15)12(8(6)14)5-3-1-2-4-5/h5,14H,1-4H2,(H,11,13,15). The van der Waals surface area contributed by atoms with E-state index in [1.54, 1.807) is 0 Å². The highest BCUT2D eigenvalue weighted by Gasteiger charge is 2.23. The number of hydrogen-bond donors (Lipinski definition) is 2. The van der Waals surface area contributed by atoms with E-state index in [1.807, 2.05) is 4.98 Å². The van der Waals surface area contributed by atoms with Crippen molar-refractivity contribution in [3.05, 3.63) is 26.7 Å². The number of hydrogen-bond acceptors (Lipinski definition) is 3. The van der Waals surface area contributed by atoms with Gasteiger partial charge in [0.25, 0.3) is 5.56 Å². The Kier molecular flexibility index (Phi) is 2.34. The molecule has 5 nitrogen and oxygen atoms in total. The molecule has 82 valence electrons. The molecule has 2 N–H and O–H groups in total. The fraction of sp³-hybridized carbons (Fsp3) is 0.556. The Balaban J connectivity index is 2.60. The van der Waals surface area contributed by atoms with Crippen LogP contribution in [0.3, 0.4) is 0 Å². The molecule has 1 aromatic heterocycles. The fourth-order valence-electron chi connectivity index (χ4n) is 2.02. The normalized spacial score (nSPS) is 17.1. The lowest BCUT2D eigenvalue weighted by Crippen LogP contribution is -2.33. The summed E-state index contributed by atoms with van der Waals surface area (Å²) in [4.78, 5) is 24.0. The Hall–Kier alpha value is -1.59. The molecular formula is C9H11FN2O3. The Labute approximate surface area is 84.2 Å². The summed E-state index contributed by atoms with van der Waals surface area (Å²) in [6.45, 7) is 0. The highest BCUT2D eigenvalue weighted by atomic mass is 19.1. The highest BCUT2D eigenvalue weighted by molar-refractivity contribution is 5.11. The maximum absolute atomic E-state index is 13.1. The van der Waals surface area contributed by atoms with Gasteiger partial charge in [-0.1, -0.05) is 12.8 Å². The molecule has 6 heteroatoms. The van der Waals surface area contributed by atoms with Crippen LogP contribution in [0.4, 0.5) is 4.39 Å². The van der Waals surface area contributed by atoms with Gasteiger partial charge >= 0.3 is 5.69 Å². The second-order valence-electron chi connectivity index (χ2n) is 3.71. The van der Waals surface area contributed by atoms with E-state index in [0.29, 0.717) is 0 Å². The van der Waals surface area contributed by atoms with Crippen LogP contribution in [0.25, 0.3) is 0 Å². The zero-order valence-corrected chi connectivity index (χ0v) is 7.99. The van der Waals surface area contributed by atoms with E-state index in [0.717, 1.165) is 30.3 Å². The van der Waals surface area contributed by atoms with Gasteiger partial charge in [-0.05, 0) is 12.8 Å². The average molecular weight is 214 g/mol. The number of aromatic nitrogens is 2. The van der Waals surface area contributed by atoms with E-state index in [9.17, 15) is 19.1 Å². The van der Waals surface area contributed by atoms with E-state index in [2.05, 4.69) is 0 Å². The first-order chi connectivity index (χ1) is 7.11. The molecule has 1 aliphatic rings. The minimum Gasteiger partial charge on any atom is -0.492 e. The van der Waals surface area contributed by atoms with E-state index in [1.165, 1.54) is 0 Å². The zero-order chi connectivity index (χ0) is 11.0. The Morgan fingerprint density at radius 3 is 2.53 bits per heavy atom. The third-order valence-corrected chi connectivity index (χ3v) is 2.75. The first kappa shape index (κ1) is 9.95. The summed E-state index contributed by atoms with van der Waals surface area (Å²) in [7, 11) is 0. The van der Waals surface area contributed by atoms with Crippen LogP contribution in [-0.2, 0) is 0 Å². The lowest BCUT2D eigenvalue weighted by atomic mass is 10.2. The quantitative estimate of drug-likeness (QED) is 0.714. The van der Waals surface area contributed by atoms with Gasteiger partial charge in [0.2, 0.25) is 11.7 Å². The molecule has 0 unspecified atom stereocenters. The van der Waals surface area contributed by atoms with Crippen LogP contribution in [0.5, 0.6) is 5.88 Å². The van der Waals surface area contributed by atoms with Crippen LogP contribution < -0.4 is 11.2 Å². The Bertz CT molecular complexity index is 485. The Morgan fingerprint density at radius 2 is 1.93 bits per heavy atom. The van der Waals surface area contributed by atoms with E-state index >= 15 is 0 Å². The largest absolute Gasteiger partial charge is 0.492 e. The van der Waals surface area contributed by atoms with Gasteiger partial charge in [-0.15, -0.1) is 0 Å². The van der Waals surface area contributed by atoms with Gasteiger partial charge in [0.1, 0.15) is 0 Å². The van der Waals surface area contributed by atoms with Crippen LogP contribution in [0, 0.1) is 5.82 Å². The number of aromatic amines is 1. The van der Waals surface area contributed by atoms with Crippen molar-refractivity contribution < 1.29 is 9.50 Å². The van der Waals surface area contributed by atoms with Crippen molar-refractivity contribution in [3.63, 3.8) is 0 Å². The summed E-state index contributed by atoms with van der Waals surface area (Å²) >= 11 is 0. The maximum atomic E-state index is 13.1. The number of aromatic hydroxyl groups is 1. The molecule has 0 radical (unpaired) electrons. The second-order valence-corrected chi connectivity index (χ2v) is 3.71. The van der Waals surface area contributed by atoms with Gasteiger partial charge in [0, 0.05) is 6.04 Å². The molecule has 1 heterocycles. The van der Waals surface area contributed by atoms with E-state index < -0.39 is 22.9 Å². The predicted molar refractivity (Wildman–Crippen MR) is 50.5 cm³/mol. The smallest absolute Gasteiger partial charge is 0.331 e. The van der Waals surface area contributed by atoms with Gasteiger partial charge in [-0.25, -0.2) is 4.79 Å². The zero-order valence-electron chi connectivity index (χ0n) is 7.99. The first-order valence-electron chi connectivity index (χ1n) is 4.84. The third-order valence-electron chi connectivity index (χ3n) is 2.75. The minimum absolute atomic E-state index is 0.205. The van der Waals surface area contributed by atoms with Crippen molar-refractivity contribution in [2.45, 2.75) is 31.7 Å². The molecule has 0 atom stereocenters. The molecule has 0 spiro atoms. The number of nitrogens with one attached hydrogen (secondary N) is 1. The molecule has 15 heavy (non-hydrogen) atoms. The summed E-state index contributed by atoms with van der Waals surface area (Å²) in [5, 5.41) is 9.39. The van der Waals surface area contributed by atoms with Crippen LogP contribution in [0.2, 0.25) is 0 Å². The molecule has 0 amide bonds. The van der Waals surface area contributed by atoms with E-state index in [-0.39, 0.29) is 6.04 Å². The molecule has 2 rings (SSSR count). The minimum atomic E-state index is -1.29. The molecule has 1 aromatic rings. The molecule has 1 fully saturated rings. The Morgan fingerprint density at radius 1 is 1.33 bits per heavy atom. The van der Waals surface area contributed by atoms with E-state index in [4.69, 9.17) is 0 Å². The third kappa shape index (κ3) is 1.55. The van der Waals surface area contributed by atoms with Crippen molar-refractivity contribution in [1.29, 1.82) is 0 Å². The number of H-pyrrole nitrogens is 1. The summed E-state index contributed by atoms with van der Waals surface area (Å²) in [6.07, 6.45) is 3.33. The topological polar surface area (TPSA) is 75.1 Å². The van der Waals surface area contributed by atoms with Crippen LogP contribution in [0.15, 0.2) is 9.59 Å². The van der Waals surface area contributed by atoms with Crippen molar-refractivity contribution in [2.24, 2.45) is 0 Å². The molecular weight excluding hydrogens is 203 g/mol. The summed E-state index contributed by atoms with van der Waals surface area (Å²) in [6, 6.07) is -0.205. The van der Waals surface area contributed by atoms with Gasteiger partial charge in [-0.3, -0.25) is 14.3 Å². The molecule has 0 bridgehead atoms. The van der Waals surface area contributed by atoms with Crippen molar-refractivity contribution in [3.8, 4) is 5.88 Å². The number of rotatable bonds is 1. The van der Waals surface area contributed by atoms with Gasteiger partial charge in [0.15, 0.2) is 0 Å². The predicted octanol–water partition coefficient (Wildman–Crippen LogP) is 0.496. The number of halogens is 1. The highest BCUT2D eigenvalue weighted by Crippen LogP contribution is 2.30. The van der Waals surface area contributed by atoms with Crippen molar-refractivity contribution in [2.75, 3.05) is 0 Å². The monoisotopic (exact) mass is 214 g/mol. The summed E-state index contributed by atoms with van der Waals surface area (Å²) < 4.78 is 14.0. The SMILES string of the molecule is O=c1[nH]c(=O)n(C2CCCC2)c(O)c1F. The van der Waals surface area contributed by atoms with Crippen LogP contribution in [0.1, 0.15) is 31.7 Å². The number of nitrogens with zero attached hydrogens (tertiary/aromatic N) is 1. The fourth-order valence-corrected chi connectivity index (χ4v) is 2.02. The van der Waals surface area contributed by atoms with Crippen molar-refractivity contribution in [1.82, 2.24) is 9.55 Å².